The van der Waals surface area contributed by atoms with Crippen molar-refractivity contribution in [1.82, 2.24) is 49.8 Å². The van der Waals surface area contributed by atoms with Crippen LogP contribution in [0.3, 0.4) is 0 Å². The SMILES string of the molecule is Cc1cccc(C(=O)N2C[C@H](O)C[C@H]2C(=O)CCc2ccc(-c3scnc3C)cc2)c1.Cc1ncsc1-c1ccc(CCC(=O)[C@@H]2C[C@@H](O)CN2C(=O)C(C2CCC2)N2Cc3ccccc3C2=O)cc1.Cc1ncsc1-c1ccc(CCC(=O)[C@@H]2C[C@@H](O)CN2C(=O)[C@H](CS)NC(=O)CCC(C)C)cc1.Cc1ncsc1-c1ccc(CCC(=O)[C@@H]2C[C@@H](O)CN2C(=O)c2ccccc2)cc1. The van der Waals surface area contributed by atoms with Gasteiger partial charge in [0, 0.05) is 113 Å². The minimum absolute atomic E-state index is 0.0000640. The number of ketones is 4. The largest absolute Gasteiger partial charge is 0.391 e. The molecule has 6 amide bonds. The Morgan fingerprint density at radius 2 is 0.785 bits per heavy atom. The van der Waals surface area contributed by atoms with E-state index in [1.54, 1.807) is 85.5 Å². The number of carbonyl (C=O) groups excluding carboxylic acids is 10. The Balaban J connectivity index is 0.000000145. The van der Waals surface area contributed by atoms with Gasteiger partial charge < -0.3 is 50.2 Å². The average Bonchev–Trinajstić information content (AvgIpc) is 1.62. The van der Waals surface area contributed by atoms with Crippen LogP contribution >= 0.6 is 58.0 Å². The van der Waals surface area contributed by atoms with Crippen LogP contribution in [0.4, 0.5) is 0 Å². The van der Waals surface area contributed by atoms with Gasteiger partial charge in [0.15, 0.2) is 23.1 Å². The zero-order valence-corrected chi connectivity index (χ0v) is 81.4. The molecule has 0 spiro atoms. The predicted octanol–water partition coefficient (Wildman–Crippen LogP) is 15.9. The third-order valence-corrected chi connectivity index (χ3v) is 30.5. The van der Waals surface area contributed by atoms with Gasteiger partial charge in [-0.05, 0) is 172 Å². The highest BCUT2D eigenvalue weighted by atomic mass is 32.1. The number of aliphatic hydroxyl groups is 4. The summed E-state index contributed by atoms with van der Waals surface area (Å²) in [6.45, 7) is 15.0. The number of hydrogen-bond acceptors (Lipinski definition) is 23. The highest BCUT2D eigenvalue weighted by molar-refractivity contribution is 7.80. The molecule has 5 N–H and O–H groups in total. The number of β-amino-alcohol motifs (C(OH)–C–C–N with tert-alkyl or cyclic N) is 4. The van der Waals surface area contributed by atoms with Crippen molar-refractivity contribution in [2.24, 2.45) is 11.8 Å². The molecule has 29 heteroatoms. The molecule has 1 unspecified atom stereocenters. The fourth-order valence-electron chi connectivity index (χ4n) is 18.5. The van der Waals surface area contributed by atoms with E-state index in [-0.39, 0.29) is 116 Å². The maximum Gasteiger partial charge on any atom is 0.255 e. The fraction of sp³-hybridized carbons (Fsp3) is 0.396. The summed E-state index contributed by atoms with van der Waals surface area (Å²) in [5.41, 5.74) is 23.8. The number of likely N-dealkylation sites (tertiary alicyclic amines) is 4. The zero-order chi connectivity index (χ0) is 95.7. The van der Waals surface area contributed by atoms with E-state index >= 15 is 0 Å². The molecular weight excluding hydrogens is 1800 g/mol. The lowest BCUT2D eigenvalue weighted by Gasteiger charge is -2.41. The topological polar surface area (TPSA) is 331 Å². The Hall–Kier alpha value is -11.3. The number of thiazole rings is 4. The van der Waals surface area contributed by atoms with E-state index in [0.717, 1.165) is 124 Å². The highest BCUT2D eigenvalue weighted by Gasteiger charge is 2.49. The number of thiol groups is 1. The summed E-state index contributed by atoms with van der Waals surface area (Å²) in [5.74, 6) is -0.786. The van der Waals surface area contributed by atoms with Crippen molar-refractivity contribution in [2.45, 2.75) is 225 Å². The molecule has 7 aromatic carbocycles. The molecule has 5 fully saturated rings. The number of carbonyl (C=O) groups is 10. The maximum absolute atomic E-state index is 14.0. The van der Waals surface area contributed by atoms with Crippen LogP contribution in [0, 0.1) is 46.5 Å². The van der Waals surface area contributed by atoms with Crippen LogP contribution in [0.15, 0.2) is 198 Å². The smallest absolute Gasteiger partial charge is 0.255 e. The Bertz CT molecular complexity index is 5980. The molecule has 0 bridgehead atoms. The van der Waals surface area contributed by atoms with Crippen molar-refractivity contribution >= 4 is 117 Å². The van der Waals surface area contributed by atoms with Crippen molar-refractivity contribution in [1.29, 1.82) is 0 Å². The number of amides is 6. The van der Waals surface area contributed by atoms with Crippen molar-refractivity contribution in [3.05, 3.63) is 271 Å². The summed E-state index contributed by atoms with van der Waals surface area (Å²) in [7, 11) is 0. The van der Waals surface area contributed by atoms with Gasteiger partial charge in [0.1, 0.15) is 12.1 Å². The molecule has 24 nitrogen and oxygen atoms in total. The molecular formula is C106H118N10O14S5. The fourth-order valence-corrected chi connectivity index (χ4v) is 22.0. The van der Waals surface area contributed by atoms with Gasteiger partial charge in [-0.25, -0.2) is 19.9 Å². The average molecular weight is 1920 g/mol. The van der Waals surface area contributed by atoms with Crippen LogP contribution < -0.4 is 5.32 Å². The minimum atomic E-state index is -0.818. The lowest BCUT2D eigenvalue weighted by atomic mass is 9.78. The molecule has 4 aromatic heterocycles. The number of hydrogen-bond donors (Lipinski definition) is 6. The standard InChI is InChI=1S/C31H33N3O4S.C26H35N3O4S2.C25H26N2O3S.C24H24N2O3S/c1-19-29(39-18-32-19)22-12-9-20(10-13-22)11-14-27(36)26-15-24(35)17-33(26)31(38)28(21-6-4-7-21)34-16-23-5-2-3-8-25(23)30(34)37;1-16(2)4-11-24(32)28-21(14-34)26(33)29-13-20(30)12-22(29)23(31)10-7-18-5-8-19(9-6-18)25-17(3)27-15-35-25;1-16-4-3-5-20(12-16)25(30)27-14-21(28)13-22(27)23(29)11-8-18-6-9-19(10-7-18)24-17(2)26-15-31-24;1-16-23(30-15-25-16)18-10-7-17(8-11-18)9-12-22(28)21-13-20(27)14-26(21)24(29)19-5-3-2-4-6-19/h2-3,5,8-10,12-13,18,21,24,26,28,35H,4,6-7,11,14-17H2,1H3;5-6,8-9,15-16,20-22,30,34H,4,7,10-14H2,1-3H3,(H,28,32);3-7,9-10,12,15,21-22,28H,8,11,13-14H2,1-2H3;2-8,10-11,15,20-21,27H,9,12-14H2,1H3/t24-,26+,28?;20-,21+,22+;21-,22+;20-,21+/m1111/s1. The summed E-state index contributed by atoms with van der Waals surface area (Å²) in [6, 6.07) is 52.6. The van der Waals surface area contributed by atoms with Gasteiger partial charge in [-0.15, -0.1) is 45.3 Å². The molecule has 135 heavy (non-hydrogen) atoms. The number of aliphatic hydroxyl groups excluding tert-OH is 4. The summed E-state index contributed by atoms with van der Waals surface area (Å²) in [4.78, 5) is 160. The van der Waals surface area contributed by atoms with Gasteiger partial charge in [0.2, 0.25) is 17.7 Å². The van der Waals surface area contributed by atoms with Crippen LogP contribution in [-0.2, 0) is 65.8 Å². The lowest BCUT2D eigenvalue weighted by Crippen LogP contribution is -2.56. The predicted molar refractivity (Wildman–Crippen MR) is 531 cm³/mol. The first-order chi connectivity index (χ1) is 65.0. The van der Waals surface area contributed by atoms with E-state index in [4.69, 9.17) is 0 Å². The summed E-state index contributed by atoms with van der Waals surface area (Å²) >= 11 is 10.7. The van der Waals surface area contributed by atoms with Crippen molar-refractivity contribution in [3.8, 4) is 41.8 Å². The quantitative estimate of drug-likeness (QED) is 0.0220. The second-order valence-electron chi connectivity index (χ2n) is 36.4. The van der Waals surface area contributed by atoms with Crippen molar-refractivity contribution in [3.63, 3.8) is 0 Å². The molecule has 0 radical (unpaired) electrons. The number of fused-ring (bicyclic) bond motifs is 1. The van der Waals surface area contributed by atoms with Crippen molar-refractivity contribution < 1.29 is 68.4 Å². The molecule has 4 saturated heterocycles. The summed E-state index contributed by atoms with van der Waals surface area (Å²) < 4.78 is 0. The Kier molecular flexibility index (Phi) is 34.4. The second-order valence-corrected chi connectivity index (χ2v) is 40.2. The number of aromatic nitrogens is 4. The van der Waals surface area contributed by atoms with Crippen LogP contribution in [-0.4, -0.2) is 216 Å². The van der Waals surface area contributed by atoms with E-state index in [1.165, 1.54) is 14.7 Å². The Morgan fingerprint density at radius 3 is 1.13 bits per heavy atom. The van der Waals surface area contributed by atoms with Gasteiger partial charge in [0.05, 0.1) is 113 Å². The number of rotatable bonds is 31. The lowest BCUT2D eigenvalue weighted by molar-refractivity contribution is -0.144. The molecule has 1 saturated carbocycles. The van der Waals surface area contributed by atoms with Crippen molar-refractivity contribution in [2.75, 3.05) is 31.9 Å². The number of aryl methyl sites for hydroxylation is 9. The molecule has 706 valence electrons. The molecule has 5 aliphatic heterocycles. The molecule has 10 atom stereocenters. The van der Waals surface area contributed by atoms with Crippen LogP contribution in [0.1, 0.15) is 185 Å². The summed E-state index contributed by atoms with van der Waals surface area (Å²) in [5, 5.41) is 43.7. The minimum Gasteiger partial charge on any atom is -0.391 e. The van der Waals surface area contributed by atoms with Gasteiger partial charge >= 0.3 is 0 Å². The van der Waals surface area contributed by atoms with Gasteiger partial charge in [-0.1, -0.05) is 171 Å². The van der Waals surface area contributed by atoms with Gasteiger partial charge in [0.25, 0.3) is 17.7 Å². The third kappa shape index (κ3) is 25.2. The van der Waals surface area contributed by atoms with E-state index < -0.39 is 60.7 Å². The summed E-state index contributed by atoms with van der Waals surface area (Å²) in [6.07, 6.45) is 5.74. The molecule has 11 aromatic rings. The first-order valence-electron chi connectivity index (χ1n) is 46.5. The first kappa shape index (κ1) is 99.7. The highest BCUT2D eigenvalue weighted by Crippen LogP contribution is 2.40. The Labute approximate surface area is 810 Å². The number of nitrogens with one attached hydrogen (secondary N) is 1. The third-order valence-electron chi connectivity index (χ3n) is 26.3. The second kappa shape index (κ2) is 46.5. The number of benzene rings is 7. The number of nitrogens with zero attached hydrogens (tertiary/aromatic N) is 9. The first-order valence-corrected chi connectivity index (χ1v) is 50.6. The molecule has 9 heterocycles. The normalized spacial score (nSPS) is 19.4. The molecule has 6 aliphatic rings. The zero-order valence-electron chi connectivity index (χ0n) is 77.2. The van der Waals surface area contributed by atoms with Crippen LogP contribution in [0.25, 0.3) is 41.8 Å². The maximum atomic E-state index is 14.0. The van der Waals surface area contributed by atoms with E-state index in [2.05, 4.69) is 74.3 Å². The van der Waals surface area contributed by atoms with E-state index in [0.29, 0.717) is 93.4 Å². The number of Topliss-reactive ketones (excluding diaryl/α,β-unsaturated/α-hetero) is 4. The van der Waals surface area contributed by atoms with Crippen LogP contribution in [0.2, 0.25) is 0 Å². The van der Waals surface area contributed by atoms with Gasteiger partial charge in [-0.2, -0.15) is 12.6 Å². The van der Waals surface area contributed by atoms with Crippen LogP contribution in [0.5, 0.6) is 0 Å². The molecule has 17 rings (SSSR count). The molecule has 1 aliphatic carbocycles. The monoisotopic (exact) mass is 1910 g/mol. The Morgan fingerprint density at radius 1 is 0.430 bits per heavy atom. The van der Waals surface area contributed by atoms with E-state index in [9.17, 15) is 68.4 Å². The van der Waals surface area contributed by atoms with E-state index in [1.807, 2.05) is 180 Å². The van der Waals surface area contributed by atoms with Gasteiger partial charge in [-0.3, -0.25) is 47.9 Å².